The van der Waals surface area contributed by atoms with E-state index in [-0.39, 0.29) is 12.1 Å². The molecule has 0 radical (unpaired) electrons. The number of piperidine rings is 1. The van der Waals surface area contributed by atoms with Gasteiger partial charge in [0.2, 0.25) is 0 Å². The van der Waals surface area contributed by atoms with Gasteiger partial charge in [0.25, 0.3) is 0 Å². The number of rotatable bonds is 0. The highest BCUT2D eigenvalue weighted by Gasteiger charge is 2.41. The molecule has 58 valence electrons. The zero-order valence-electron chi connectivity index (χ0n) is 5.69. The van der Waals surface area contributed by atoms with Gasteiger partial charge in [-0.05, 0) is 19.3 Å². The summed E-state index contributed by atoms with van der Waals surface area (Å²) in [7, 11) is 0. The lowest BCUT2D eigenvalue weighted by Crippen LogP contribution is -2.47. The fourth-order valence-corrected chi connectivity index (χ4v) is 1.94. The van der Waals surface area contributed by atoms with Crippen molar-refractivity contribution >= 4 is 0 Å². The summed E-state index contributed by atoms with van der Waals surface area (Å²) in [6.45, 7) is 0. The van der Waals surface area contributed by atoms with Crippen molar-refractivity contribution in [3.63, 3.8) is 0 Å². The molecule has 0 aromatic rings. The second-order valence-electron chi connectivity index (χ2n) is 3.24. The maximum Gasteiger partial charge on any atom is 0.146 e. The van der Waals surface area contributed by atoms with Gasteiger partial charge in [-0.2, -0.15) is 0 Å². The Labute approximate surface area is 58.8 Å². The van der Waals surface area contributed by atoms with Crippen molar-refractivity contribution < 1.29 is 8.78 Å². The van der Waals surface area contributed by atoms with Crippen molar-refractivity contribution in [1.29, 1.82) is 0 Å². The maximum absolute atomic E-state index is 12.8. The Morgan fingerprint density at radius 1 is 1.20 bits per heavy atom. The molecule has 0 aliphatic carbocycles. The molecule has 2 heterocycles. The lowest BCUT2D eigenvalue weighted by Gasteiger charge is -2.27. The zero-order valence-corrected chi connectivity index (χ0v) is 5.69. The van der Waals surface area contributed by atoms with E-state index in [9.17, 15) is 8.78 Å². The van der Waals surface area contributed by atoms with E-state index >= 15 is 0 Å². The Balaban J connectivity index is 2.09. The smallest absolute Gasteiger partial charge is 0.146 e. The van der Waals surface area contributed by atoms with Gasteiger partial charge in [-0.25, -0.2) is 8.78 Å². The molecule has 0 amide bonds. The number of hydrogen-bond acceptors (Lipinski definition) is 1. The second-order valence-corrected chi connectivity index (χ2v) is 3.24. The van der Waals surface area contributed by atoms with Crippen LogP contribution in [0, 0.1) is 0 Å². The van der Waals surface area contributed by atoms with Gasteiger partial charge < -0.3 is 5.32 Å². The minimum absolute atomic E-state index is 0.186. The molecule has 0 saturated carbocycles. The van der Waals surface area contributed by atoms with Crippen LogP contribution in [0.5, 0.6) is 0 Å². The highest BCUT2D eigenvalue weighted by molar-refractivity contribution is 4.98. The molecule has 0 aromatic carbocycles. The number of alkyl halides is 2. The molecule has 4 atom stereocenters. The predicted octanol–water partition coefficient (Wildman–Crippen LogP) is 1.19. The second kappa shape index (κ2) is 2.16. The molecule has 4 unspecified atom stereocenters. The van der Waals surface area contributed by atoms with Crippen LogP contribution in [0.1, 0.15) is 19.3 Å². The van der Waals surface area contributed by atoms with Crippen LogP contribution in [0.25, 0.3) is 0 Å². The molecular formula is C7H11F2N. The summed E-state index contributed by atoms with van der Waals surface area (Å²) in [5.41, 5.74) is 0. The topological polar surface area (TPSA) is 12.0 Å². The van der Waals surface area contributed by atoms with Gasteiger partial charge in [0.05, 0.1) is 0 Å². The molecule has 2 saturated heterocycles. The summed E-state index contributed by atoms with van der Waals surface area (Å²) in [5, 5.41) is 3.06. The first-order valence-electron chi connectivity index (χ1n) is 3.81. The van der Waals surface area contributed by atoms with Crippen LogP contribution in [0.3, 0.4) is 0 Å². The number of fused-ring (bicyclic) bond motifs is 2. The zero-order chi connectivity index (χ0) is 7.14. The van der Waals surface area contributed by atoms with Gasteiger partial charge in [-0.1, -0.05) is 0 Å². The van der Waals surface area contributed by atoms with Crippen molar-refractivity contribution in [3.05, 3.63) is 0 Å². The van der Waals surface area contributed by atoms with Gasteiger partial charge in [0.15, 0.2) is 0 Å². The van der Waals surface area contributed by atoms with Crippen LogP contribution >= 0.6 is 0 Å². The van der Waals surface area contributed by atoms with Gasteiger partial charge in [-0.3, -0.25) is 0 Å². The summed E-state index contributed by atoms with van der Waals surface area (Å²) in [6, 6.07) is 0.0701. The summed E-state index contributed by atoms with van der Waals surface area (Å²) in [5.74, 6) is 0. The lowest BCUT2D eigenvalue weighted by atomic mass is 10.0. The van der Waals surface area contributed by atoms with Crippen LogP contribution in [0.2, 0.25) is 0 Å². The Morgan fingerprint density at radius 3 is 2.80 bits per heavy atom. The average molecular weight is 147 g/mol. The molecule has 2 aliphatic heterocycles. The third kappa shape index (κ3) is 0.839. The van der Waals surface area contributed by atoms with E-state index in [0.717, 1.165) is 12.8 Å². The molecule has 1 nitrogen and oxygen atoms in total. The summed E-state index contributed by atoms with van der Waals surface area (Å²) in [4.78, 5) is 0. The minimum Gasteiger partial charge on any atom is -0.308 e. The van der Waals surface area contributed by atoms with Crippen molar-refractivity contribution in [3.8, 4) is 0 Å². The summed E-state index contributed by atoms with van der Waals surface area (Å²) < 4.78 is 25.5. The predicted molar refractivity (Wildman–Crippen MR) is 34.4 cm³/mol. The maximum atomic E-state index is 12.8. The van der Waals surface area contributed by atoms with Crippen molar-refractivity contribution in [2.24, 2.45) is 0 Å². The first-order valence-corrected chi connectivity index (χ1v) is 3.81. The molecule has 0 aromatic heterocycles. The standard InChI is InChI=1S/C7H11F2N/c8-5-3-4-1-2-6(10-4)7(5)9/h4-7,10H,1-3H2. The molecule has 2 bridgehead atoms. The number of hydrogen-bond donors (Lipinski definition) is 1. The largest absolute Gasteiger partial charge is 0.308 e. The monoisotopic (exact) mass is 147 g/mol. The van der Waals surface area contributed by atoms with Crippen molar-refractivity contribution in [2.45, 2.75) is 43.7 Å². The highest BCUT2D eigenvalue weighted by Crippen LogP contribution is 2.30. The summed E-state index contributed by atoms with van der Waals surface area (Å²) >= 11 is 0. The highest BCUT2D eigenvalue weighted by atomic mass is 19.2. The third-order valence-corrected chi connectivity index (χ3v) is 2.52. The molecule has 3 heteroatoms. The minimum atomic E-state index is -1.25. The van der Waals surface area contributed by atoms with E-state index < -0.39 is 12.3 Å². The molecule has 2 fully saturated rings. The van der Waals surface area contributed by atoms with Gasteiger partial charge in [-0.15, -0.1) is 0 Å². The van der Waals surface area contributed by atoms with Crippen LogP contribution in [0.4, 0.5) is 8.78 Å². The van der Waals surface area contributed by atoms with E-state index in [1.807, 2.05) is 0 Å². The van der Waals surface area contributed by atoms with Crippen LogP contribution in [0.15, 0.2) is 0 Å². The molecular weight excluding hydrogens is 136 g/mol. The number of nitrogens with one attached hydrogen (secondary N) is 1. The van der Waals surface area contributed by atoms with Gasteiger partial charge in [0, 0.05) is 12.1 Å². The quantitative estimate of drug-likeness (QED) is 0.542. The van der Waals surface area contributed by atoms with E-state index in [2.05, 4.69) is 5.32 Å². The molecule has 2 aliphatic rings. The van der Waals surface area contributed by atoms with Crippen LogP contribution < -0.4 is 5.32 Å². The first-order chi connectivity index (χ1) is 4.77. The normalized spacial score (nSPS) is 53.4. The van der Waals surface area contributed by atoms with E-state index in [4.69, 9.17) is 0 Å². The molecule has 10 heavy (non-hydrogen) atoms. The molecule has 0 spiro atoms. The van der Waals surface area contributed by atoms with Crippen molar-refractivity contribution in [1.82, 2.24) is 5.32 Å². The Hall–Kier alpha value is -0.180. The van der Waals surface area contributed by atoms with Gasteiger partial charge in [0.1, 0.15) is 12.3 Å². The fourth-order valence-electron chi connectivity index (χ4n) is 1.94. The Bertz CT molecular complexity index is 140. The molecule has 2 rings (SSSR count). The average Bonchev–Trinajstić information content (AvgIpc) is 2.29. The fraction of sp³-hybridized carbons (Fsp3) is 1.00. The number of halogens is 2. The van der Waals surface area contributed by atoms with Crippen LogP contribution in [-0.4, -0.2) is 24.4 Å². The SMILES string of the molecule is FC1CC2CCC(N2)C1F. The first kappa shape index (κ1) is 6.53. The lowest BCUT2D eigenvalue weighted by molar-refractivity contribution is 0.0949. The van der Waals surface area contributed by atoms with Crippen LogP contribution in [-0.2, 0) is 0 Å². The Morgan fingerprint density at radius 2 is 2.00 bits per heavy atom. The Kier molecular flexibility index (Phi) is 1.41. The summed E-state index contributed by atoms with van der Waals surface area (Å²) in [6.07, 6.45) is -0.326. The van der Waals surface area contributed by atoms with Gasteiger partial charge >= 0.3 is 0 Å². The van der Waals surface area contributed by atoms with Crippen molar-refractivity contribution in [2.75, 3.05) is 0 Å². The molecule has 1 N–H and O–H groups in total. The van der Waals surface area contributed by atoms with E-state index in [0.29, 0.717) is 6.42 Å². The third-order valence-electron chi connectivity index (χ3n) is 2.52. The van der Waals surface area contributed by atoms with E-state index in [1.165, 1.54) is 0 Å². The van der Waals surface area contributed by atoms with E-state index in [1.54, 1.807) is 0 Å².